The molecule has 2 saturated carbocycles. The summed E-state index contributed by atoms with van der Waals surface area (Å²) in [5.74, 6) is -2.15. The van der Waals surface area contributed by atoms with Crippen LogP contribution >= 0.6 is 23.1 Å². The van der Waals surface area contributed by atoms with E-state index in [1.54, 1.807) is 23.9 Å². The number of carboxylic acid groups (broad SMARTS) is 1. The van der Waals surface area contributed by atoms with Crippen LogP contribution in [0.1, 0.15) is 29.2 Å². The number of imide groups is 1. The lowest BCUT2D eigenvalue weighted by molar-refractivity contribution is -0.142. The van der Waals surface area contributed by atoms with Crippen LogP contribution in [0.3, 0.4) is 0 Å². The van der Waals surface area contributed by atoms with Crippen molar-refractivity contribution in [3.63, 3.8) is 0 Å². The molecule has 32 heavy (non-hydrogen) atoms. The van der Waals surface area contributed by atoms with Crippen molar-refractivity contribution in [2.75, 3.05) is 6.54 Å². The summed E-state index contributed by atoms with van der Waals surface area (Å²) in [6, 6.07) is 7.00. The molecule has 1 aromatic heterocycles. The van der Waals surface area contributed by atoms with Gasteiger partial charge in [-0.1, -0.05) is 23.5 Å². The summed E-state index contributed by atoms with van der Waals surface area (Å²) in [6.07, 6.45) is 0.540. The standard InChI is InChI=1S/C22H20N2O6S2/c25-9-3-1-8(2-4-9)13-14-10-7-11(17(14)31-19-18(13)32-22(30)23-19)16-15(10)20(28)24(21(16)29)6-5-12(26)27/h1-4,10-11,13-17,25H,5-7H2,(H,23,30)(H,26,27)/t10?,11?,13-,14?,15?,16?,17?/m1/s1. The zero-order valence-electron chi connectivity index (χ0n) is 16.8. The van der Waals surface area contributed by atoms with E-state index in [2.05, 4.69) is 4.98 Å². The Morgan fingerprint density at radius 2 is 1.78 bits per heavy atom. The van der Waals surface area contributed by atoms with E-state index in [4.69, 9.17) is 5.11 Å². The number of nitrogens with one attached hydrogen (secondary N) is 1. The van der Waals surface area contributed by atoms with Gasteiger partial charge in [-0.3, -0.25) is 24.1 Å². The van der Waals surface area contributed by atoms with Crippen molar-refractivity contribution >= 4 is 40.9 Å². The first-order valence-electron chi connectivity index (χ1n) is 10.6. The fourth-order valence-corrected chi connectivity index (χ4v) is 9.45. The summed E-state index contributed by atoms with van der Waals surface area (Å²) in [7, 11) is 0. The molecular formula is C22H20N2O6S2. The largest absolute Gasteiger partial charge is 0.508 e. The predicted molar refractivity (Wildman–Crippen MR) is 116 cm³/mol. The summed E-state index contributed by atoms with van der Waals surface area (Å²) in [4.78, 5) is 54.5. The zero-order valence-corrected chi connectivity index (χ0v) is 18.4. The summed E-state index contributed by atoms with van der Waals surface area (Å²) in [5, 5.41) is 19.7. The monoisotopic (exact) mass is 472 g/mol. The highest BCUT2D eigenvalue weighted by Gasteiger charge is 2.69. The van der Waals surface area contributed by atoms with Crippen LogP contribution in [-0.4, -0.2) is 49.7 Å². The van der Waals surface area contributed by atoms with Crippen LogP contribution in [0.25, 0.3) is 0 Å². The van der Waals surface area contributed by atoms with Gasteiger partial charge in [0.25, 0.3) is 0 Å². The summed E-state index contributed by atoms with van der Waals surface area (Å²) >= 11 is 2.80. The number of carboxylic acids is 1. The van der Waals surface area contributed by atoms with E-state index >= 15 is 0 Å². The van der Waals surface area contributed by atoms with Gasteiger partial charge in [-0.25, -0.2) is 0 Å². The Morgan fingerprint density at radius 1 is 1.09 bits per heavy atom. The molecule has 2 bridgehead atoms. The molecule has 2 amide bonds. The van der Waals surface area contributed by atoms with E-state index in [1.807, 2.05) is 12.1 Å². The second-order valence-electron chi connectivity index (χ2n) is 9.02. The fourth-order valence-electron chi connectivity index (χ4n) is 6.56. The molecule has 166 valence electrons. The average Bonchev–Trinajstić information content (AvgIpc) is 3.47. The second kappa shape index (κ2) is 6.95. The van der Waals surface area contributed by atoms with Gasteiger partial charge in [-0.05, 0) is 41.9 Å². The van der Waals surface area contributed by atoms with Crippen LogP contribution in [0.4, 0.5) is 0 Å². The van der Waals surface area contributed by atoms with Crippen molar-refractivity contribution in [2.24, 2.45) is 29.6 Å². The van der Waals surface area contributed by atoms with Crippen molar-refractivity contribution < 1.29 is 24.6 Å². The number of phenols is 1. The number of amides is 2. The highest BCUT2D eigenvalue weighted by atomic mass is 32.2. The topological polar surface area (TPSA) is 128 Å². The maximum atomic E-state index is 13.2. The van der Waals surface area contributed by atoms with Crippen molar-refractivity contribution in [3.8, 4) is 5.75 Å². The lowest BCUT2D eigenvalue weighted by Crippen LogP contribution is -2.42. The van der Waals surface area contributed by atoms with Crippen LogP contribution in [0, 0.1) is 29.6 Å². The van der Waals surface area contributed by atoms with Crippen molar-refractivity contribution in [1.29, 1.82) is 0 Å². The first-order chi connectivity index (χ1) is 15.3. The first-order valence-corrected chi connectivity index (χ1v) is 12.3. The number of aromatic hydroxyl groups is 1. The number of carbonyl (C=O) groups excluding carboxylic acids is 2. The van der Waals surface area contributed by atoms with Crippen LogP contribution in [0.2, 0.25) is 0 Å². The lowest BCUT2D eigenvalue weighted by atomic mass is 9.68. The van der Waals surface area contributed by atoms with Gasteiger partial charge in [-0.15, -0.1) is 11.8 Å². The van der Waals surface area contributed by atoms with Crippen LogP contribution in [-0.2, 0) is 14.4 Å². The molecule has 6 unspecified atom stereocenters. The number of H-pyrrole nitrogens is 1. The Kier molecular flexibility index (Phi) is 4.36. The van der Waals surface area contributed by atoms with Gasteiger partial charge in [0.1, 0.15) is 5.75 Å². The number of aromatic amines is 1. The van der Waals surface area contributed by atoms with Crippen molar-refractivity contribution in [1.82, 2.24) is 9.88 Å². The lowest BCUT2D eigenvalue weighted by Gasteiger charge is -2.43. The number of thioether (sulfide) groups is 1. The number of phenolic OH excluding ortho intramolecular Hbond substituents is 1. The molecule has 3 fully saturated rings. The van der Waals surface area contributed by atoms with Crippen LogP contribution in [0.5, 0.6) is 5.75 Å². The second-order valence-corrected chi connectivity index (χ2v) is 11.2. The molecule has 2 aliphatic heterocycles. The summed E-state index contributed by atoms with van der Waals surface area (Å²) < 4.78 is 0. The van der Waals surface area contributed by atoms with Gasteiger partial charge >= 0.3 is 10.8 Å². The molecule has 0 radical (unpaired) electrons. The molecule has 0 spiro atoms. The summed E-state index contributed by atoms with van der Waals surface area (Å²) in [5.41, 5.74) is 0.984. The Balaban J connectivity index is 1.41. The van der Waals surface area contributed by atoms with Gasteiger partial charge in [0.05, 0.1) is 23.3 Å². The minimum Gasteiger partial charge on any atom is -0.508 e. The van der Waals surface area contributed by atoms with E-state index < -0.39 is 17.8 Å². The van der Waals surface area contributed by atoms with Crippen LogP contribution < -0.4 is 4.87 Å². The summed E-state index contributed by atoms with van der Waals surface area (Å²) in [6.45, 7) is -0.0794. The third kappa shape index (κ3) is 2.68. The molecule has 1 saturated heterocycles. The Morgan fingerprint density at radius 3 is 2.47 bits per heavy atom. The van der Waals surface area contributed by atoms with E-state index in [0.29, 0.717) is 0 Å². The number of benzene rings is 1. The van der Waals surface area contributed by atoms with Gasteiger partial charge in [0, 0.05) is 22.6 Å². The van der Waals surface area contributed by atoms with Crippen molar-refractivity contribution in [3.05, 3.63) is 44.4 Å². The Hall–Kier alpha value is -2.59. The average molecular weight is 473 g/mol. The normalized spacial score (nSPS) is 34.5. The van der Waals surface area contributed by atoms with Gasteiger partial charge < -0.3 is 15.2 Å². The highest BCUT2D eigenvalue weighted by Crippen LogP contribution is 2.68. The quantitative estimate of drug-likeness (QED) is 0.582. The molecule has 10 heteroatoms. The van der Waals surface area contributed by atoms with Gasteiger partial charge in [0.2, 0.25) is 11.8 Å². The molecule has 7 atom stereocenters. The first kappa shape index (κ1) is 20.0. The number of likely N-dealkylation sites (tertiary alicyclic amines) is 1. The highest BCUT2D eigenvalue weighted by molar-refractivity contribution is 8.00. The molecule has 2 aromatic rings. The molecule has 8 nitrogen and oxygen atoms in total. The molecule has 4 aliphatic rings. The Bertz CT molecular complexity index is 1200. The number of rotatable bonds is 4. The molecule has 3 heterocycles. The number of hydrogen-bond acceptors (Lipinski definition) is 7. The fraction of sp³-hybridized carbons (Fsp3) is 0.455. The molecule has 3 N–H and O–H groups in total. The third-order valence-corrected chi connectivity index (χ3v) is 10.2. The number of fused-ring (bicyclic) bond motifs is 9. The maximum absolute atomic E-state index is 13.2. The number of nitrogens with zero attached hydrogens (tertiary/aromatic N) is 1. The minimum atomic E-state index is -1.03. The smallest absolute Gasteiger partial charge is 0.305 e. The van der Waals surface area contributed by atoms with Crippen molar-refractivity contribution in [2.45, 2.75) is 29.0 Å². The number of hydrogen-bond donors (Lipinski definition) is 3. The molecule has 2 aliphatic carbocycles. The predicted octanol–water partition coefficient (Wildman–Crippen LogP) is 2.09. The minimum absolute atomic E-state index is 0.00191. The maximum Gasteiger partial charge on any atom is 0.305 e. The number of thiazole rings is 1. The van der Waals surface area contributed by atoms with E-state index in [9.17, 15) is 24.3 Å². The van der Waals surface area contributed by atoms with Crippen LogP contribution in [0.15, 0.2) is 34.1 Å². The third-order valence-electron chi connectivity index (χ3n) is 7.62. The SMILES string of the molecule is O=C(O)CCN1C(=O)C2C3CC(C2C1=O)C1C3Sc2[nH]c(=O)sc2[C@@H]1c1ccc(O)cc1. The molecule has 6 rings (SSSR count). The number of aliphatic carboxylic acids is 1. The molecular weight excluding hydrogens is 452 g/mol. The number of aromatic nitrogens is 1. The van der Waals surface area contributed by atoms with E-state index in [1.165, 1.54) is 11.3 Å². The number of carbonyl (C=O) groups is 3. The van der Waals surface area contributed by atoms with E-state index in [-0.39, 0.29) is 64.3 Å². The zero-order chi connectivity index (χ0) is 22.3. The van der Waals surface area contributed by atoms with Gasteiger partial charge in [0.15, 0.2) is 0 Å². The van der Waals surface area contributed by atoms with Gasteiger partial charge in [-0.2, -0.15) is 0 Å². The Labute approximate surface area is 190 Å². The van der Waals surface area contributed by atoms with E-state index in [0.717, 1.165) is 26.8 Å². The molecule has 1 aromatic carbocycles.